The van der Waals surface area contributed by atoms with Crippen molar-refractivity contribution in [1.29, 1.82) is 0 Å². The van der Waals surface area contributed by atoms with Crippen molar-refractivity contribution in [3.63, 3.8) is 0 Å². The Morgan fingerprint density at radius 3 is 3.11 bits per heavy atom. The number of rotatable bonds is 7. The lowest BCUT2D eigenvalue weighted by atomic mass is 10.2. The Morgan fingerprint density at radius 1 is 1.47 bits per heavy atom. The molecule has 0 aliphatic carbocycles. The molecule has 1 aromatic rings. The fraction of sp³-hybridized carbons (Fsp3) is 0.714. The van der Waals surface area contributed by atoms with E-state index in [9.17, 15) is 0 Å². The maximum Gasteiger partial charge on any atom is 0.218 e. The molecule has 1 atom stereocenters. The SMILES string of the molecule is CCCCOc1cc(NCC2CCCO2)nc(C)n1. The zero-order valence-corrected chi connectivity index (χ0v) is 11.8. The number of hydrogen-bond acceptors (Lipinski definition) is 5. The van der Waals surface area contributed by atoms with Crippen LogP contribution in [-0.4, -0.2) is 35.8 Å². The van der Waals surface area contributed by atoms with E-state index < -0.39 is 0 Å². The number of nitrogens with zero attached hydrogens (tertiary/aromatic N) is 2. The highest BCUT2D eigenvalue weighted by molar-refractivity contribution is 5.38. The van der Waals surface area contributed by atoms with Crippen LogP contribution in [0.15, 0.2) is 6.07 Å². The molecule has 0 radical (unpaired) electrons. The monoisotopic (exact) mass is 265 g/mol. The largest absolute Gasteiger partial charge is 0.478 e. The third kappa shape index (κ3) is 4.67. The van der Waals surface area contributed by atoms with Crippen molar-refractivity contribution >= 4 is 5.82 Å². The summed E-state index contributed by atoms with van der Waals surface area (Å²) in [6.45, 7) is 6.40. The summed E-state index contributed by atoms with van der Waals surface area (Å²) in [5, 5.41) is 3.30. The van der Waals surface area contributed by atoms with E-state index in [1.165, 1.54) is 0 Å². The molecule has 0 aromatic carbocycles. The number of anilines is 1. The lowest BCUT2D eigenvalue weighted by Crippen LogP contribution is -2.19. The van der Waals surface area contributed by atoms with Gasteiger partial charge in [-0.05, 0) is 26.2 Å². The van der Waals surface area contributed by atoms with Gasteiger partial charge in [0.15, 0.2) is 0 Å². The molecule has 1 unspecified atom stereocenters. The number of nitrogens with one attached hydrogen (secondary N) is 1. The number of aromatic nitrogens is 2. The summed E-state index contributed by atoms with van der Waals surface area (Å²) in [6.07, 6.45) is 4.74. The van der Waals surface area contributed by atoms with Gasteiger partial charge in [0.1, 0.15) is 11.6 Å². The molecule has 106 valence electrons. The van der Waals surface area contributed by atoms with Crippen LogP contribution in [0.3, 0.4) is 0 Å². The number of ether oxygens (including phenoxy) is 2. The quantitative estimate of drug-likeness (QED) is 0.768. The first-order valence-corrected chi connectivity index (χ1v) is 7.12. The second-order valence-electron chi connectivity index (χ2n) is 4.86. The van der Waals surface area contributed by atoms with Gasteiger partial charge in [-0.2, -0.15) is 4.98 Å². The van der Waals surface area contributed by atoms with E-state index in [0.717, 1.165) is 50.5 Å². The molecule has 1 N–H and O–H groups in total. The first-order valence-electron chi connectivity index (χ1n) is 7.12. The Kier molecular flexibility index (Phi) is 5.39. The molecule has 1 saturated heterocycles. The van der Waals surface area contributed by atoms with Crippen molar-refractivity contribution in [1.82, 2.24) is 9.97 Å². The normalized spacial score (nSPS) is 18.5. The number of unbranched alkanes of at least 4 members (excludes halogenated alkanes) is 1. The van der Waals surface area contributed by atoms with Crippen molar-refractivity contribution in [2.75, 3.05) is 25.1 Å². The Balaban J connectivity index is 1.87. The molecule has 1 fully saturated rings. The van der Waals surface area contributed by atoms with Gasteiger partial charge in [0.25, 0.3) is 0 Å². The van der Waals surface area contributed by atoms with Gasteiger partial charge >= 0.3 is 0 Å². The lowest BCUT2D eigenvalue weighted by molar-refractivity contribution is 0.120. The molecule has 0 saturated carbocycles. The summed E-state index contributed by atoms with van der Waals surface area (Å²) in [4.78, 5) is 8.65. The van der Waals surface area contributed by atoms with Crippen molar-refractivity contribution in [2.24, 2.45) is 0 Å². The van der Waals surface area contributed by atoms with Crippen LogP contribution in [0, 0.1) is 6.92 Å². The Hall–Kier alpha value is -1.36. The first kappa shape index (κ1) is 14.1. The van der Waals surface area contributed by atoms with Gasteiger partial charge in [-0.1, -0.05) is 13.3 Å². The summed E-state index contributed by atoms with van der Waals surface area (Å²) in [6, 6.07) is 1.86. The van der Waals surface area contributed by atoms with E-state index >= 15 is 0 Å². The van der Waals surface area contributed by atoms with E-state index in [2.05, 4.69) is 22.2 Å². The fourth-order valence-corrected chi connectivity index (χ4v) is 2.05. The average molecular weight is 265 g/mol. The van der Waals surface area contributed by atoms with E-state index in [-0.39, 0.29) is 0 Å². The smallest absolute Gasteiger partial charge is 0.218 e. The summed E-state index contributed by atoms with van der Waals surface area (Å²) < 4.78 is 11.2. The molecule has 0 bridgehead atoms. The van der Waals surface area contributed by atoms with Gasteiger partial charge in [-0.25, -0.2) is 4.98 Å². The van der Waals surface area contributed by atoms with Crippen LogP contribution >= 0.6 is 0 Å². The van der Waals surface area contributed by atoms with Gasteiger partial charge in [0, 0.05) is 19.2 Å². The summed E-state index contributed by atoms with van der Waals surface area (Å²) in [5.41, 5.74) is 0. The highest BCUT2D eigenvalue weighted by Crippen LogP contribution is 2.16. The number of hydrogen-bond donors (Lipinski definition) is 1. The molecule has 2 heterocycles. The Bertz CT molecular complexity index is 392. The molecule has 5 nitrogen and oxygen atoms in total. The minimum absolute atomic E-state index is 0.305. The molecule has 2 rings (SSSR count). The molecular weight excluding hydrogens is 242 g/mol. The summed E-state index contributed by atoms with van der Waals surface area (Å²) in [7, 11) is 0. The summed E-state index contributed by atoms with van der Waals surface area (Å²) >= 11 is 0. The van der Waals surface area contributed by atoms with Gasteiger partial charge in [0.05, 0.1) is 12.7 Å². The van der Waals surface area contributed by atoms with Crippen LogP contribution in [0.5, 0.6) is 5.88 Å². The standard InChI is InChI=1S/C14H23N3O2/c1-3-4-7-19-14-9-13(16-11(2)17-14)15-10-12-6-5-8-18-12/h9,12H,3-8,10H2,1-2H3,(H,15,16,17). The molecule has 19 heavy (non-hydrogen) atoms. The van der Waals surface area contributed by atoms with Crippen LogP contribution in [0.4, 0.5) is 5.82 Å². The highest BCUT2D eigenvalue weighted by Gasteiger charge is 2.15. The van der Waals surface area contributed by atoms with Crippen LogP contribution in [-0.2, 0) is 4.74 Å². The predicted octanol–water partition coefficient (Wildman–Crippen LogP) is 2.55. The van der Waals surface area contributed by atoms with Crippen molar-refractivity contribution < 1.29 is 9.47 Å². The van der Waals surface area contributed by atoms with E-state index in [0.29, 0.717) is 18.6 Å². The Morgan fingerprint density at radius 2 is 2.37 bits per heavy atom. The van der Waals surface area contributed by atoms with E-state index in [4.69, 9.17) is 9.47 Å². The zero-order valence-electron chi connectivity index (χ0n) is 11.8. The van der Waals surface area contributed by atoms with Crippen LogP contribution in [0.25, 0.3) is 0 Å². The topological polar surface area (TPSA) is 56.3 Å². The summed E-state index contributed by atoms with van der Waals surface area (Å²) in [5.74, 6) is 2.19. The highest BCUT2D eigenvalue weighted by atomic mass is 16.5. The average Bonchev–Trinajstić information content (AvgIpc) is 2.89. The molecule has 5 heteroatoms. The maximum atomic E-state index is 5.62. The molecule has 0 amide bonds. The third-order valence-corrected chi connectivity index (χ3v) is 3.10. The molecule has 1 aliphatic rings. The van der Waals surface area contributed by atoms with Gasteiger partial charge in [-0.15, -0.1) is 0 Å². The molecular formula is C14H23N3O2. The molecule has 1 aromatic heterocycles. The third-order valence-electron chi connectivity index (χ3n) is 3.10. The molecule has 1 aliphatic heterocycles. The van der Waals surface area contributed by atoms with E-state index in [1.807, 2.05) is 13.0 Å². The fourth-order valence-electron chi connectivity index (χ4n) is 2.05. The zero-order chi connectivity index (χ0) is 13.5. The van der Waals surface area contributed by atoms with E-state index in [1.54, 1.807) is 0 Å². The van der Waals surface area contributed by atoms with Gasteiger partial charge in [0.2, 0.25) is 5.88 Å². The van der Waals surface area contributed by atoms with Crippen molar-refractivity contribution in [2.45, 2.75) is 45.6 Å². The predicted molar refractivity (Wildman–Crippen MR) is 74.6 cm³/mol. The van der Waals surface area contributed by atoms with Crippen molar-refractivity contribution in [3.8, 4) is 5.88 Å². The van der Waals surface area contributed by atoms with Crippen LogP contribution in [0.2, 0.25) is 0 Å². The second kappa shape index (κ2) is 7.28. The van der Waals surface area contributed by atoms with Gasteiger partial charge < -0.3 is 14.8 Å². The minimum Gasteiger partial charge on any atom is -0.478 e. The van der Waals surface area contributed by atoms with Crippen LogP contribution < -0.4 is 10.1 Å². The Labute approximate surface area is 114 Å². The second-order valence-corrected chi connectivity index (χ2v) is 4.86. The molecule has 0 spiro atoms. The first-order chi connectivity index (χ1) is 9.28. The number of aryl methyl sites for hydroxylation is 1. The van der Waals surface area contributed by atoms with Gasteiger partial charge in [-0.3, -0.25) is 0 Å². The van der Waals surface area contributed by atoms with Crippen molar-refractivity contribution in [3.05, 3.63) is 11.9 Å². The lowest BCUT2D eigenvalue weighted by Gasteiger charge is -2.12. The maximum absolute atomic E-state index is 5.62. The minimum atomic E-state index is 0.305. The van der Waals surface area contributed by atoms with Crippen LogP contribution in [0.1, 0.15) is 38.4 Å².